The Bertz CT molecular complexity index is 432. The van der Waals surface area contributed by atoms with E-state index in [4.69, 9.17) is 11.6 Å². The summed E-state index contributed by atoms with van der Waals surface area (Å²) < 4.78 is 0. The number of amides is 1. The monoisotopic (exact) mass is 253 g/mol. The van der Waals surface area contributed by atoms with Crippen LogP contribution >= 0.6 is 11.6 Å². The van der Waals surface area contributed by atoms with Gasteiger partial charge in [-0.2, -0.15) is 0 Å². The zero-order valence-electron chi connectivity index (χ0n) is 10.0. The number of aliphatic hydroxyl groups is 1. The average molecular weight is 254 g/mol. The molecule has 1 heterocycles. The average Bonchev–Trinajstić information content (AvgIpc) is 2.22. The van der Waals surface area contributed by atoms with Crippen molar-refractivity contribution in [2.75, 3.05) is 13.1 Å². The predicted molar refractivity (Wildman–Crippen MR) is 67.3 cm³/mol. The smallest absolute Gasteiger partial charge is 0.254 e. The lowest BCUT2D eigenvalue weighted by molar-refractivity contribution is -0.0826. The normalized spacial score (nSPS) is 17.8. The molecule has 0 saturated carbocycles. The molecule has 1 aliphatic rings. The molecule has 1 amide bonds. The van der Waals surface area contributed by atoms with Gasteiger partial charge in [0.05, 0.1) is 18.7 Å². The lowest BCUT2D eigenvalue weighted by atomic mass is 9.90. The summed E-state index contributed by atoms with van der Waals surface area (Å²) >= 11 is 5.92. The summed E-state index contributed by atoms with van der Waals surface area (Å²) in [5.74, 6) is -0.0614. The first kappa shape index (κ1) is 12.4. The van der Waals surface area contributed by atoms with Crippen LogP contribution in [0.2, 0.25) is 5.02 Å². The van der Waals surface area contributed by atoms with Gasteiger partial charge in [-0.1, -0.05) is 18.5 Å². The second kappa shape index (κ2) is 4.31. The number of β-amino-alcohol motifs (C(OH)–C–C–N with tert-alkyl or cyclic N) is 1. The summed E-state index contributed by atoms with van der Waals surface area (Å²) in [6.45, 7) is 4.65. The van der Waals surface area contributed by atoms with E-state index in [1.165, 1.54) is 0 Å². The molecular formula is C13H16ClNO2. The van der Waals surface area contributed by atoms with E-state index >= 15 is 0 Å². The fraction of sp³-hybridized carbons (Fsp3) is 0.462. The zero-order chi connectivity index (χ0) is 12.6. The van der Waals surface area contributed by atoms with Crippen molar-refractivity contribution in [2.24, 2.45) is 0 Å². The van der Waals surface area contributed by atoms with Gasteiger partial charge in [0.25, 0.3) is 5.91 Å². The second-order valence-corrected chi connectivity index (χ2v) is 5.19. The Balaban J connectivity index is 2.11. The summed E-state index contributed by atoms with van der Waals surface area (Å²) in [5, 5.41) is 10.4. The molecule has 0 aliphatic carbocycles. The number of carbonyl (C=O) groups is 1. The first-order chi connectivity index (χ1) is 7.93. The largest absolute Gasteiger partial charge is 0.386 e. The summed E-state index contributed by atoms with van der Waals surface area (Å²) in [5.41, 5.74) is 0.865. The molecule has 0 spiro atoms. The number of likely N-dealkylation sites (tertiary alicyclic amines) is 1. The van der Waals surface area contributed by atoms with E-state index in [1.54, 1.807) is 11.0 Å². The minimum absolute atomic E-state index is 0.0614. The lowest BCUT2D eigenvalue weighted by Gasteiger charge is -2.46. The SMILES string of the molecule is CCC1(O)CN(C(=O)c2cc(C)cc(Cl)c2)C1. The third-order valence-electron chi connectivity index (χ3n) is 3.20. The number of benzene rings is 1. The predicted octanol–water partition coefficient (Wildman–Crippen LogP) is 2.25. The molecule has 0 bridgehead atoms. The van der Waals surface area contributed by atoms with Crippen molar-refractivity contribution in [1.82, 2.24) is 4.90 Å². The molecule has 92 valence electrons. The zero-order valence-corrected chi connectivity index (χ0v) is 10.8. The summed E-state index contributed by atoms with van der Waals surface area (Å²) in [6.07, 6.45) is 0.672. The van der Waals surface area contributed by atoms with Crippen LogP contribution in [-0.2, 0) is 0 Å². The number of aryl methyl sites for hydroxylation is 1. The van der Waals surface area contributed by atoms with Gasteiger partial charge < -0.3 is 10.0 Å². The molecule has 1 N–H and O–H groups in total. The van der Waals surface area contributed by atoms with Gasteiger partial charge >= 0.3 is 0 Å². The van der Waals surface area contributed by atoms with Crippen LogP contribution in [0.15, 0.2) is 18.2 Å². The Hall–Kier alpha value is -1.06. The summed E-state index contributed by atoms with van der Waals surface area (Å²) in [7, 11) is 0. The van der Waals surface area contributed by atoms with E-state index in [0.29, 0.717) is 30.1 Å². The Morgan fingerprint density at radius 2 is 2.12 bits per heavy atom. The molecule has 17 heavy (non-hydrogen) atoms. The molecule has 4 heteroatoms. The van der Waals surface area contributed by atoms with Gasteiger partial charge in [0.2, 0.25) is 0 Å². The first-order valence-electron chi connectivity index (χ1n) is 5.72. The molecular weight excluding hydrogens is 238 g/mol. The number of carbonyl (C=O) groups excluding carboxylic acids is 1. The topological polar surface area (TPSA) is 40.5 Å². The van der Waals surface area contributed by atoms with Gasteiger partial charge in [0.15, 0.2) is 0 Å². The van der Waals surface area contributed by atoms with Crippen molar-refractivity contribution < 1.29 is 9.90 Å². The van der Waals surface area contributed by atoms with Crippen LogP contribution in [-0.4, -0.2) is 34.6 Å². The van der Waals surface area contributed by atoms with Crippen molar-refractivity contribution in [3.05, 3.63) is 34.3 Å². The molecule has 3 nitrogen and oxygen atoms in total. The van der Waals surface area contributed by atoms with E-state index in [0.717, 1.165) is 5.56 Å². The molecule has 1 fully saturated rings. The van der Waals surface area contributed by atoms with Gasteiger partial charge in [0, 0.05) is 10.6 Å². The minimum Gasteiger partial charge on any atom is -0.386 e. The van der Waals surface area contributed by atoms with Crippen LogP contribution in [0, 0.1) is 6.92 Å². The summed E-state index contributed by atoms with van der Waals surface area (Å²) in [6, 6.07) is 5.30. The maximum Gasteiger partial charge on any atom is 0.254 e. The fourth-order valence-corrected chi connectivity index (χ4v) is 2.36. The molecule has 0 atom stereocenters. The van der Waals surface area contributed by atoms with E-state index in [-0.39, 0.29) is 5.91 Å². The van der Waals surface area contributed by atoms with Crippen molar-refractivity contribution in [3.8, 4) is 0 Å². The van der Waals surface area contributed by atoms with Crippen LogP contribution in [0.5, 0.6) is 0 Å². The quantitative estimate of drug-likeness (QED) is 0.878. The van der Waals surface area contributed by atoms with Crippen molar-refractivity contribution >= 4 is 17.5 Å². The van der Waals surface area contributed by atoms with Crippen molar-refractivity contribution in [1.29, 1.82) is 0 Å². The highest BCUT2D eigenvalue weighted by Gasteiger charge is 2.42. The third kappa shape index (κ3) is 2.45. The van der Waals surface area contributed by atoms with Crippen LogP contribution in [0.25, 0.3) is 0 Å². The Morgan fingerprint density at radius 3 is 2.65 bits per heavy atom. The van der Waals surface area contributed by atoms with Crippen molar-refractivity contribution in [3.63, 3.8) is 0 Å². The molecule has 2 rings (SSSR count). The molecule has 1 saturated heterocycles. The van der Waals surface area contributed by atoms with Crippen LogP contribution < -0.4 is 0 Å². The maximum absolute atomic E-state index is 12.1. The number of rotatable bonds is 2. The molecule has 0 radical (unpaired) electrons. The van der Waals surface area contributed by atoms with Gasteiger partial charge in [0.1, 0.15) is 0 Å². The Kier molecular flexibility index (Phi) is 3.15. The third-order valence-corrected chi connectivity index (χ3v) is 3.42. The minimum atomic E-state index is -0.691. The van der Waals surface area contributed by atoms with E-state index in [9.17, 15) is 9.90 Å². The van der Waals surface area contributed by atoms with Crippen LogP contribution in [0.1, 0.15) is 29.3 Å². The standard InChI is InChI=1S/C13H16ClNO2/c1-3-13(17)7-15(8-13)12(16)10-4-9(2)5-11(14)6-10/h4-6,17H,3,7-8H2,1-2H3. The number of nitrogens with zero attached hydrogens (tertiary/aromatic N) is 1. The molecule has 0 unspecified atom stereocenters. The second-order valence-electron chi connectivity index (χ2n) is 4.76. The number of hydrogen-bond acceptors (Lipinski definition) is 2. The van der Waals surface area contributed by atoms with Crippen LogP contribution in [0.4, 0.5) is 0 Å². The molecule has 0 aromatic heterocycles. The fourth-order valence-electron chi connectivity index (χ4n) is 2.07. The van der Waals surface area contributed by atoms with Gasteiger partial charge in [-0.25, -0.2) is 0 Å². The number of hydrogen-bond donors (Lipinski definition) is 1. The maximum atomic E-state index is 12.1. The Labute approximate surface area is 106 Å². The van der Waals surface area contributed by atoms with E-state index in [1.807, 2.05) is 26.0 Å². The van der Waals surface area contributed by atoms with Gasteiger partial charge in [-0.05, 0) is 37.1 Å². The van der Waals surface area contributed by atoms with E-state index < -0.39 is 5.60 Å². The highest BCUT2D eigenvalue weighted by Crippen LogP contribution is 2.26. The molecule has 1 aromatic rings. The molecule has 1 aromatic carbocycles. The molecule has 1 aliphatic heterocycles. The van der Waals surface area contributed by atoms with Crippen molar-refractivity contribution in [2.45, 2.75) is 25.9 Å². The van der Waals surface area contributed by atoms with Gasteiger partial charge in [-0.15, -0.1) is 0 Å². The number of halogens is 1. The first-order valence-corrected chi connectivity index (χ1v) is 6.10. The highest BCUT2D eigenvalue weighted by molar-refractivity contribution is 6.31. The summed E-state index contributed by atoms with van der Waals surface area (Å²) in [4.78, 5) is 13.7. The Morgan fingerprint density at radius 1 is 1.47 bits per heavy atom. The van der Waals surface area contributed by atoms with Crippen LogP contribution in [0.3, 0.4) is 0 Å². The lowest BCUT2D eigenvalue weighted by Crippen LogP contribution is -2.63. The highest BCUT2D eigenvalue weighted by atomic mass is 35.5. The van der Waals surface area contributed by atoms with Gasteiger partial charge in [-0.3, -0.25) is 4.79 Å². The van der Waals surface area contributed by atoms with E-state index in [2.05, 4.69) is 0 Å².